The lowest BCUT2D eigenvalue weighted by Crippen LogP contribution is -2.56. The lowest BCUT2D eigenvalue weighted by molar-refractivity contribution is -0.144. The normalized spacial score (nSPS) is 19.6. The number of carbonyl (C=O) groups excluding carboxylic acids is 3. The molecule has 0 spiro atoms. The summed E-state index contributed by atoms with van der Waals surface area (Å²) in [4.78, 5) is 60.2. The van der Waals surface area contributed by atoms with Crippen LogP contribution in [0.1, 0.15) is 40.0 Å². The van der Waals surface area contributed by atoms with E-state index in [1.807, 2.05) is 0 Å². The summed E-state index contributed by atoms with van der Waals surface area (Å²) in [6.45, 7) is 4.96. The predicted octanol–water partition coefficient (Wildman–Crippen LogP) is -1.49. The summed E-state index contributed by atoms with van der Waals surface area (Å²) in [6, 6.07) is -4.22. The quantitative estimate of drug-likeness (QED) is 0.310. The van der Waals surface area contributed by atoms with Crippen molar-refractivity contribution in [2.45, 2.75) is 64.2 Å². The lowest BCUT2D eigenvalue weighted by atomic mass is 10.0. The first-order chi connectivity index (χ1) is 13.0. The minimum Gasteiger partial charge on any atom is -0.481 e. The van der Waals surface area contributed by atoms with Gasteiger partial charge in [-0.3, -0.25) is 19.2 Å². The van der Waals surface area contributed by atoms with Crippen LogP contribution in [0.2, 0.25) is 0 Å². The van der Waals surface area contributed by atoms with Gasteiger partial charge in [-0.2, -0.15) is 0 Å². The minimum atomic E-state index is -1.26. The molecule has 0 radical (unpaired) electrons. The van der Waals surface area contributed by atoms with E-state index in [0.29, 0.717) is 12.8 Å². The number of rotatable bonds is 9. The number of aliphatic carboxylic acids is 2. The number of carboxylic acids is 2. The highest BCUT2D eigenvalue weighted by molar-refractivity contribution is 5.94. The van der Waals surface area contributed by atoms with Gasteiger partial charge in [0.2, 0.25) is 17.7 Å². The number of carboxylic acid groups (broad SMARTS) is 2. The molecule has 0 aliphatic carbocycles. The second-order valence-electron chi connectivity index (χ2n) is 7.19. The molecule has 0 aromatic carbocycles. The summed E-state index contributed by atoms with van der Waals surface area (Å²) >= 11 is 0. The molecular weight excluding hydrogens is 372 g/mol. The van der Waals surface area contributed by atoms with Crippen LogP contribution in [0.15, 0.2) is 0 Å². The van der Waals surface area contributed by atoms with Crippen LogP contribution in [0.5, 0.6) is 0 Å². The Morgan fingerprint density at radius 3 is 2.21 bits per heavy atom. The van der Waals surface area contributed by atoms with Gasteiger partial charge < -0.3 is 31.5 Å². The van der Waals surface area contributed by atoms with Gasteiger partial charge in [0.05, 0.1) is 12.5 Å². The highest BCUT2D eigenvalue weighted by Crippen LogP contribution is 2.19. The Balaban J connectivity index is 2.71. The molecule has 0 aromatic heterocycles. The zero-order chi connectivity index (χ0) is 21.6. The van der Waals surface area contributed by atoms with E-state index in [0.717, 1.165) is 0 Å². The van der Waals surface area contributed by atoms with E-state index in [-0.39, 0.29) is 12.5 Å². The number of amides is 3. The van der Waals surface area contributed by atoms with E-state index in [9.17, 15) is 24.0 Å². The Labute approximate surface area is 162 Å². The molecule has 0 bridgehead atoms. The average Bonchev–Trinajstić information content (AvgIpc) is 3.06. The fourth-order valence-corrected chi connectivity index (χ4v) is 2.96. The summed E-state index contributed by atoms with van der Waals surface area (Å²) in [6.07, 6.45) is 0.350. The van der Waals surface area contributed by atoms with Crippen LogP contribution in [0, 0.1) is 5.92 Å². The Morgan fingerprint density at radius 2 is 1.71 bits per heavy atom. The van der Waals surface area contributed by atoms with Crippen LogP contribution in [0.25, 0.3) is 0 Å². The first kappa shape index (κ1) is 23.3. The molecule has 0 aromatic rings. The van der Waals surface area contributed by atoms with Gasteiger partial charge in [-0.15, -0.1) is 0 Å². The second kappa shape index (κ2) is 10.0. The van der Waals surface area contributed by atoms with Crippen LogP contribution < -0.4 is 16.4 Å². The maximum Gasteiger partial charge on any atom is 0.326 e. The van der Waals surface area contributed by atoms with Crippen molar-refractivity contribution < 1.29 is 34.2 Å². The third-order valence-corrected chi connectivity index (χ3v) is 4.53. The van der Waals surface area contributed by atoms with E-state index in [1.54, 1.807) is 13.8 Å². The average molecular weight is 400 g/mol. The number of hydrogen-bond donors (Lipinski definition) is 5. The Morgan fingerprint density at radius 1 is 1.11 bits per heavy atom. The van der Waals surface area contributed by atoms with Crippen LogP contribution >= 0.6 is 0 Å². The molecule has 1 fully saturated rings. The Bertz CT molecular complexity index is 637. The SMILES string of the molecule is CC(NC(=O)C1CCCN1C(=O)C(N)CC(=O)O)C(=O)NC(C(=O)O)C(C)C. The lowest BCUT2D eigenvalue weighted by Gasteiger charge is -2.27. The van der Waals surface area contributed by atoms with Crippen molar-refractivity contribution in [2.75, 3.05) is 6.54 Å². The van der Waals surface area contributed by atoms with Crippen molar-refractivity contribution >= 4 is 29.7 Å². The molecule has 4 atom stereocenters. The maximum atomic E-state index is 12.5. The standard InChI is InChI=1S/C17H28N4O7/c1-8(2)13(17(27)28)20-14(24)9(3)19-15(25)11-5-4-6-21(11)16(26)10(18)7-12(22)23/h8-11,13H,4-7,18H2,1-3H3,(H,19,25)(H,20,24)(H,22,23)(H,27,28). The van der Waals surface area contributed by atoms with Gasteiger partial charge in [-0.05, 0) is 25.7 Å². The Kier molecular flexibility index (Phi) is 8.35. The van der Waals surface area contributed by atoms with E-state index in [2.05, 4.69) is 10.6 Å². The van der Waals surface area contributed by atoms with Crippen molar-refractivity contribution in [3.63, 3.8) is 0 Å². The first-order valence-corrected chi connectivity index (χ1v) is 9.07. The summed E-state index contributed by atoms with van der Waals surface area (Å²) < 4.78 is 0. The summed E-state index contributed by atoms with van der Waals surface area (Å²) in [5.74, 6) is -4.61. The zero-order valence-electron chi connectivity index (χ0n) is 16.2. The van der Waals surface area contributed by atoms with E-state index in [1.165, 1.54) is 11.8 Å². The van der Waals surface area contributed by atoms with Gasteiger partial charge in [0.15, 0.2) is 0 Å². The van der Waals surface area contributed by atoms with Crippen molar-refractivity contribution in [3.8, 4) is 0 Å². The Hall–Kier alpha value is -2.69. The highest BCUT2D eigenvalue weighted by Gasteiger charge is 2.37. The van der Waals surface area contributed by atoms with E-state index < -0.39 is 60.2 Å². The first-order valence-electron chi connectivity index (χ1n) is 9.07. The number of hydrogen-bond acceptors (Lipinski definition) is 6. The molecule has 4 unspecified atom stereocenters. The van der Waals surface area contributed by atoms with Crippen LogP contribution in [-0.2, 0) is 24.0 Å². The van der Waals surface area contributed by atoms with Gasteiger partial charge in [-0.25, -0.2) is 4.79 Å². The topological polar surface area (TPSA) is 179 Å². The minimum absolute atomic E-state index is 0.263. The van der Waals surface area contributed by atoms with Crippen LogP contribution in [-0.4, -0.2) is 75.5 Å². The molecule has 28 heavy (non-hydrogen) atoms. The molecule has 6 N–H and O–H groups in total. The fourth-order valence-electron chi connectivity index (χ4n) is 2.96. The van der Waals surface area contributed by atoms with Crippen molar-refractivity contribution in [2.24, 2.45) is 11.7 Å². The van der Waals surface area contributed by atoms with E-state index in [4.69, 9.17) is 15.9 Å². The molecule has 0 saturated carbocycles. The molecule has 1 aliphatic heterocycles. The van der Waals surface area contributed by atoms with Crippen molar-refractivity contribution in [3.05, 3.63) is 0 Å². The molecule has 3 amide bonds. The van der Waals surface area contributed by atoms with Gasteiger partial charge in [0, 0.05) is 6.54 Å². The van der Waals surface area contributed by atoms with Crippen molar-refractivity contribution in [1.82, 2.24) is 15.5 Å². The molecule has 1 aliphatic rings. The van der Waals surface area contributed by atoms with Crippen LogP contribution in [0.4, 0.5) is 0 Å². The molecule has 1 saturated heterocycles. The number of nitrogens with one attached hydrogen (secondary N) is 2. The highest BCUT2D eigenvalue weighted by atomic mass is 16.4. The number of nitrogens with two attached hydrogens (primary N) is 1. The maximum absolute atomic E-state index is 12.5. The summed E-state index contributed by atoms with van der Waals surface area (Å²) in [5.41, 5.74) is 5.60. The van der Waals surface area contributed by atoms with Gasteiger partial charge in [0.1, 0.15) is 18.1 Å². The van der Waals surface area contributed by atoms with Gasteiger partial charge >= 0.3 is 11.9 Å². The molecule has 11 heteroatoms. The predicted molar refractivity (Wildman–Crippen MR) is 97.0 cm³/mol. The third kappa shape index (κ3) is 6.19. The zero-order valence-corrected chi connectivity index (χ0v) is 16.2. The second-order valence-corrected chi connectivity index (χ2v) is 7.19. The molecule has 1 heterocycles. The van der Waals surface area contributed by atoms with Gasteiger partial charge in [0.25, 0.3) is 0 Å². The van der Waals surface area contributed by atoms with Crippen LogP contribution in [0.3, 0.4) is 0 Å². The third-order valence-electron chi connectivity index (χ3n) is 4.53. The number of carbonyl (C=O) groups is 5. The molecular formula is C17H28N4O7. The molecule has 1 rings (SSSR count). The van der Waals surface area contributed by atoms with Crippen molar-refractivity contribution in [1.29, 1.82) is 0 Å². The summed E-state index contributed by atoms with van der Waals surface area (Å²) in [7, 11) is 0. The summed E-state index contributed by atoms with van der Waals surface area (Å²) in [5, 5.41) is 22.7. The molecule has 158 valence electrons. The van der Waals surface area contributed by atoms with Gasteiger partial charge in [-0.1, -0.05) is 13.8 Å². The monoisotopic (exact) mass is 400 g/mol. The largest absolute Gasteiger partial charge is 0.481 e. The fraction of sp³-hybridized carbons (Fsp3) is 0.706. The number of nitrogens with zero attached hydrogens (tertiary/aromatic N) is 1. The van der Waals surface area contributed by atoms with E-state index >= 15 is 0 Å². The molecule has 11 nitrogen and oxygen atoms in total. The smallest absolute Gasteiger partial charge is 0.326 e. The number of likely N-dealkylation sites (tertiary alicyclic amines) is 1.